The summed E-state index contributed by atoms with van der Waals surface area (Å²) < 4.78 is 4.55. The van der Waals surface area contributed by atoms with Crippen LogP contribution in [0.3, 0.4) is 0 Å². The molecule has 0 saturated heterocycles. The summed E-state index contributed by atoms with van der Waals surface area (Å²) in [5.74, 6) is -0.836. The van der Waals surface area contributed by atoms with Crippen molar-refractivity contribution in [2.75, 3.05) is 12.4 Å². The van der Waals surface area contributed by atoms with Crippen LogP contribution in [0, 0.1) is 0 Å². The van der Waals surface area contributed by atoms with Gasteiger partial charge in [0.15, 0.2) is 0 Å². The lowest BCUT2D eigenvalue weighted by Crippen LogP contribution is -2.31. The lowest BCUT2D eigenvalue weighted by Gasteiger charge is -2.13. The van der Waals surface area contributed by atoms with Gasteiger partial charge in [-0.3, -0.25) is 14.9 Å². The number of imide groups is 1. The highest BCUT2D eigenvalue weighted by Crippen LogP contribution is 2.38. The van der Waals surface area contributed by atoms with Crippen molar-refractivity contribution in [1.29, 1.82) is 0 Å². The van der Waals surface area contributed by atoms with Crippen LogP contribution in [-0.4, -0.2) is 25.0 Å². The molecule has 1 aromatic heterocycles. The van der Waals surface area contributed by atoms with Crippen LogP contribution in [-0.2, 0) is 17.6 Å². The van der Waals surface area contributed by atoms with Gasteiger partial charge < -0.3 is 10.1 Å². The first-order valence-corrected chi connectivity index (χ1v) is 10.2. The Morgan fingerprint density at radius 3 is 2.55 bits per heavy atom. The van der Waals surface area contributed by atoms with Crippen LogP contribution < -0.4 is 10.6 Å². The van der Waals surface area contributed by atoms with Gasteiger partial charge in [-0.25, -0.2) is 4.79 Å². The first kappa shape index (κ1) is 19.1. The molecule has 0 bridgehead atoms. The molecule has 4 rings (SSSR count). The van der Waals surface area contributed by atoms with Crippen molar-refractivity contribution >= 4 is 45.0 Å². The van der Waals surface area contributed by atoms with Gasteiger partial charge in [0.25, 0.3) is 11.8 Å². The van der Waals surface area contributed by atoms with Crippen LogP contribution in [0.25, 0.3) is 10.8 Å². The van der Waals surface area contributed by atoms with Crippen molar-refractivity contribution in [2.24, 2.45) is 0 Å². The van der Waals surface area contributed by atoms with Crippen molar-refractivity contribution in [1.82, 2.24) is 5.32 Å². The molecule has 2 aromatic carbocycles. The lowest BCUT2D eigenvalue weighted by atomic mass is 9.95. The molecular formula is C22H20N2O4S. The monoisotopic (exact) mass is 408 g/mol. The molecule has 0 spiro atoms. The fourth-order valence-electron chi connectivity index (χ4n) is 3.69. The lowest BCUT2D eigenvalue weighted by molar-refractivity contribution is 0.0937. The predicted octanol–water partition coefficient (Wildman–Crippen LogP) is 4.53. The number of fused-ring (bicyclic) bond motifs is 2. The van der Waals surface area contributed by atoms with Crippen LogP contribution in [0.2, 0.25) is 0 Å². The normalized spacial score (nSPS) is 12.9. The molecule has 148 valence electrons. The van der Waals surface area contributed by atoms with Gasteiger partial charge in [-0.2, -0.15) is 0 Å². The molecule has 0 radical (unpaired) electrons. The van der Waals surface area contributed by atoms with Crippen LogP contribution in [0.5, 0.6) is 0 Å². The number of hydrogen-bond acceptors (Lipinski definition) is 5. The summed E-state index contributed by atoms with van der Waals surface area (Å²) in [6.45, 7) is 0. The molecule has 3 amide bonds. The van der Waals surface area contributed by atoms with Gasteiger partial charge in [0.2, 0.25) is 0 Å². The summed E-state index contributed by atoms with van der Waals surface area (Å²) in [7, 11) is 1.20. The minimum absolute atomic E-state index is 0.285. The topological polar surface area (TPSA) is 84.5 Å². The molecule has 7 heteroatoms. The fraction of sp³-hybridized carbons (Fsp3) is 0.227. The number of anilines is 1. The van der Waals surface area contributed by atoms with E-state index in [-0.39, 0.29) is 5.91 Å². The van der Waals surface area contributed by atoms with Gasteiger partial charge >= 0.3 is 6.09 Å². The molecule has 3 aromatic rings. The Labute approximate surface area is 171 Å². The van der Waals surface area contributed by atoms with Crippen LogP contribution in [0.1, 0.15) is 44.0 Å². The molecule has 0 unspecified atom stereocenters. The van der Waals surface area contributed by atoms with Crippen molar-refractivity contribution in [3.05, 3.63) is 64.0 Å². The molecular weight excluding hydrogens is 388 g/mol. The Bertz CT molecular complexity index is 1110. The molecule has 1 heterocycles. The van der Waals surface area contributed by atoms with Crippen LogP contribution in [0.4, 0.5) is 9.80 Å². The van der Waals surface area contributed by atoms with Gasteiger partial charge in [0.1, 0.15) is 5.00 Å². The average molecular weight is 408 g/mol. The zero-order valence-electron chi connectivity index (χ0n) is 15.9. The molecule has 0 fully saturated rings. The number of alkyl carbamates (subject to hydrolysis) is 1. The zero-order valence-corrected chi connectivity index (χ0v) is 16.7. The standard InChI is InChI=1S/C22H20N2O4S/c1-28-22(27)24-20(26)18-16-10-4-5-12-17(16)29-21(18)23-19(25)15-11-6-8-13-7-2-3-9-14(13)15/h2-3,6-9,11H,4-5,10,12H2,1H3,(H,23,25)(H,24,26,27). The number of carbonyl (C=O) groups is 3. The van der Waals surface area contributed by atoms with Crippen molar-refractivity contribution in [2.45, 2.75) is 25.7 Å². The third-order valence-electron chi connectivity index (χ3n) is 5.06. The second-order valence-electron chi connectivity index (χ2n) is 6.84. The molecule has 2 N–H and O–H groups in total. The van der Waals surface area contributed by atoms with E-state index in [0.717, 1.165) is 46.9 Å². The predicted molar refractivity (Wildman–Crippen MR) is 113 cm³/mol. The number of ether oxygens (including phenoxy) is 1. The number of rotatable bonds is 3. The summed E-state index contributed by atoms with van der Waals surface area (Å²) in [6.07, 6.45) is 2.81. The Morgan fingerprint density at radius 1 is 0.966 bits per heavy atom. The number of nitrogens with one attached hydrogen (secondary N) is 2. The molecule has 0 saturated carbocycles. The molecule has 29 heavy (non-hydrogen) atoms. The van der Waals surface area contributed by atoms with Gasteiger partial charge in [0, 0.05) is 10.4 Å². The number of thiophene rings is 1. The van der Waals surface area contributed by atoms with Crippen molar-refractivity contribution in [3.8, 4) is 0 Å². The van der Waals surface area contributed by atoms with E-state index < -0.39 is 12.0 Å². The summed E-state index contributed by atoms with van der Waals surface area (Å²) in [6, 6.07) is 13.2. The van der Waals surface area contributed by atoms with E-state index in [9.17, 15) is 14.4 Å². The van der Waals surface area contributed by atoms with E-state index >= 15 is 0 Å². The van der Waals surface area contributed by atoms with Gasteiger partial charge in [-0.15, -0.1) is 11.3 Å². The second-order valence-corrected chi connectivity index (χ2v) is 7.95. The molecule has 0 aliphatic heterocycles. The quantitative estimate of drug-likeness (QED) is 0.667. The SMILES string of the molecule is COC(=O)NC(=O)c1c(NC(=O)c2cccc3ccccc23)sc2c1CCCC2. The van der Waals surface area contributed by atoms with Crippen molar-refractivity contribution < 1.29 is 19.1 Å². The summed E-state index contributed by atoms with van der Waals surface area (Å²) in [5.41, 5.74) is 1.81. The van der Waals surface area contributed by atoms with Crippen LogP contribution in [0.15, 0.2) is 42.5 Å². The van der Waals surface area contributed by atoms with Crippen molar-refractivity contribution in [3.63, 3.8) is 0 Å². The smallest absolute Gasteiger partial charge is 0.413 e. The van der Waals surface area contributed by atoms with E-state index in [0.29, 0.717) is 16.1 Å². The largest absolute Gasteiger partial charge is 0.453 e. The number of hydrogen-bond donors (Lipinski definition) is 2. The maximum atomic E-state index is 13.1. The van der Waals surface area contributed by atoms with Gasteiger partial charge in [-0.1, -0.05) is 36.4 Å². The molecule has 0 atom stereocenters. The summed E-state index contributed by atoms with van der Waals surface area (Å²) in [4.78, 5) is 38.4. The number of amides is 3. The minimum Gasteiger partial charge on any atom is -0.453 e. The fourth-order valence-corrected chi connectivity index (χ4v) is 4.98. The third kappa shape index (κ3) is 3.73. The Morgan fingerprint density at radius 2 is 1.72 bits per heavy atom. The summed E-state index contributed by atoms with van der Waals surface area (Å²) in [5, 5.41) is 7.41. The highest BCUT2D eigenvalue weighted by molar-refractivity contribution is 7.17. The van der Waals surface area contributed by atoms with E-state index in [1.54, 1.807) is 6.07 Å². The Kier molecular flexibility index (Phi) is 5.31. The van der Waals surface area contributed by atoms with Gasteiger partial charge in [0.05, 0.1) is 12.7 Å². The Balaban J connectivity index is 1.71. The highest BCUT2D eigenvalue weighted by atomic mass is 32.1. The highest BCUT2D eigenvalue weighted by Gasteiger charge is 2.27. The maximum Gasteiger partial charge on any atom is 0.413 e. The van der Waals surface area contributed by atoms with Crippen LogP contribution >= 0.6 is 11.3 Å². The molecule has 6 nitrogen and oxygen atoms in total. The molecule has 1 aliphatic rings. The number of carbonyl (C=O) groups excluding carboxylic acids is 3. The number of methoxy groups -OCH3 is 1. The first-order chi connectivity index (χ1) is 14.1. The zero-order chi connectivity index (χ0) is 20.4. The molecule has 1 aliphatic carbocycles. The second kappa shape index (κ2) is 8.05. The van der Waals surface area contributed by atoms with Gasteiger partial charge in [-0.05, 0) is 48.1 Å². The average Bonchev–Trinajstić information content (AvgIpc) is 3.10. The number of benzene rings is 2. The maximum absolute atomic E-state index is 13.1. The third-order valence-corrected chi connectivity index (χ3v) is 6.27. The van der Waals surface area contributed by atoms with E-state index in [1.807, 2.05) is 36.4 Å². The number of aryl methyl sites for hydroxylation is 1. The Hall–Kier alpha value is -3.19. The summed E-state index contributed by atoms with van der Waals surface area (Å²) >= 11 is 1.41. The van der Waals surface area contributed by atoms with E-state index in [4.69, 9.17) is 0 Å². The van der Waals surface area contributed by atoms with E-state index in [1.165, 1.54) is 18.4 Å². The van der Waals surface area contributed by atoms with E-state index in [2.05, 4.69) is 15.4 Å². The first-order valence-electron chi connectivity index (χ1n) is 9.41. The minimum atomic E-state index is -0.822.